The Labute approximate surface area is 199 Å². The Morgan fingerprint density at radius 2 is 1.76 bits per heavy atom. The lowest BCUT2D eigenvalue weighted by Gasteiger charge is -2.34. The Kier molecular flexibility index (Phi) is 5.88. The smallest absolute Gasteiger partial charge is 0.279 e. The fourth-order valence-corrected chi connectivity index (χ4v) is 5.75. The number of hydrogen-bond acceptors (Lipinski definition) is 7. The fraction of sp³-hybridized carbons (Fsp3) is 0.174. The summed E-state index contributed by atoms with van der Waals surface area (Å²) in [7, 11) is -3.80. The van der Waals surface area contributed by atoms with Crippen molar-refractivity contribution in [3.05, 3.63) is 78.2 Å². The Hall–Kier alpha value is -3.57. The number of amides is 1. The number of sulfonamides is 1. The third-order valence-corrected chi connectivity index (χ3v) is 7.85. The summed E-state index contributed by atoms with van der Waals surface area (Å²) < 4.78 is 41.5. The quantitative estimate of drug-likeness (QED) is 0.453. The molecule has 4 aromatic rings. The number of aromatic nitrogens is 2. The van der Waals surface area contributed by atoms with Gasteiger partial charge in [0.1, 0.15) is 5.82 Å². The molecule has 1 aliphatic rings. The number of piperazine rings is 1. The number of nitrogens with zero attached hydrogens (tertiary/aromatic N) is 4. The number of carbonyl (C=O) groups excluding carboxylic acids is 1. The van der Waals surface area contributed by atoms with Crippen molar-refractivity contribution in [1.29, 1.82) is 0 Å². The Bertz CT molecular complexity index is 1430. The second-order valence-electron chi connectivity index (χ2n) is 7.74. The van der Waals surface area contributed by atoms with Gasteiger partial charge in [-0.2, -0.15) is 8.42 Å². The van der Waals surface area contributed by atoms with Gasteiger partial charge in [0.2, 0.25) is 0 Å². The van der Waals surface area contributed by atoms with Crippen LogP contribution in [0.4, 0.5) is 15.2 Å². The van der Waals surface area contributed by atoms with Crippen LogP contribution < -0.4 is 9.62 Å². The van der Waals surface area contributed by atoms with E-state index in [1.165, 1.54) is 35.7 Å². The van der Waals surface area contributed by atoms with Crippen molar-refractivity contribution in [2.75, 3.05) is 35.8 Å². The van der Waals surface area contributed by atoms with Crippen molar-refractivity contribution in [3.63, 3.8) is 0 Å². The SMILES string of the molecule is O=C(c1ccc(NS(=O)(=O)c2ccccn2)cc1)N1CCN(c2nc3ccc(F)cc3s2)CC1. The number of halogens is 1. The number of benzene rings is 2. The second kappa shape index (κ2) is 8.99. The minimum absolute atomic E-state index is 0.0775. The van der Waals surface area contributed by atoms with E-state index in [0.717, 1.165) is 15.3 Å². The molecule has 0 atom stereocenters. The van der Waals surface area contributed by atoms with Gasteiger partial charge in [0, 0.05) is 43.6 Å². The maximum absolute atomic E-state index is 13.5. The molecular formula is C23H20FN5O3S2. The van der Waals surface area contributed by atoms with Crippen LogP contribution in [0, 0.1) is 5.82 Å². The first-order valence-electron chi connectivity index (χ1n) is 10.5. The summed E-state index contributed by atoms with van der Waals surface area (Å²) in [6.07, 6.45) is 1.41. The third-order valence-electron chi connectivity index (χ3n) is 5.47. The molecule has 0 radical (unpaired) electrons. The topological polar surface area (TPSA) is 95.5 Å². The van der Waals surface area contributed by atoms with E-state index in [-0.39, 0.29) is 16.8 Å². The third kappa shape index (κ3) is 4.57. The zero-order valence-electron chi connectivity index (χ0n) is 17.9. The van der Waals surface area contributed by atoms with Crippen LogP contribution in [0.1, 0.15) is 10.4 Å². The predicted molar refractivity (Wildman–Crippen MR) is 129 cm³/mol. The zero-order chi connectivity index (χ0) is 23.7. The van der Waals surface area contributed by atoms with Crippen molar-refractivity contribution in [3.8, 4) is 0 Å². The van der Waals surface area contributed by atoms with Crippen molar-refractivity contribution in [2.24, 2.45) is 0 Å². The Balaban J connectivity index is 1.21. The van der Waals surface area contributed by atoms with E-state index in [4.69, 9.17) is 0 Å². The van der Waals surface area contributed by atoms with Crippen LogP contribution in [0.2, 0.25) is 0 Å². The van der Waals surface area contributed by atoms with Gasteiger partial charge >= 0.3 is 0 Å². The largest absolute Gasteiger partial charge is 0.345 e. The van der Waals surface area contributed by atoms with Crippen LogP contribution in [0.25, 0.3) is 10.2 Å². The van der Waals surface area contributed by atoms with Crippen molar-refractivity contribution in [1.82, 2.24) is 14.9 Å². The van der Waals surface area contributed by atoms with Crippen LogP contribution in [-0.4, -0.2) is 55.4 Å². The fourth-order valence-electron chi connectivity index (χ4n) is 3.70. The number of pyridine rings is 1. The molecule has 0 saturated carbocycles. The molecule has 174 valence electrons. The van der Waals surface area contributed by atoms with E-state index < -0.39 is 10.0 Å². The average molecular weight is 498 g/mol. The Morgan fingerprint density at radius 1 is 1.00 bits per heavy atom. The standard InChI is InChI=1S/C23H20FN5O3S2/c24-17-6-9-19-20(15-17)33-23(26-19)29-13-11-28(12-14-29)22(30)16-4-7-18(8-5-16)27-34(31,32)21-3-1-2-10-25-21/h1-10,15,27H,11-14H2. The van der Waals surface area contributed by atoms with Crippen molar-refractivity contribution >= 4 is 48.3 Å². The average Bonchev–Trinajstić information content (AvgIpc) is 3.28. The van der Waals surface area contributed by atoms with Crippen molar-refractivity contribution in [2.45, 2.75) is 5.03 Å². The van der Waals surface area contributed by atoms with Crippen LogP contribution in [0.15, 0.2) is 71.9 Å². The summed E-state index contributed by atoms with van der Waals surface area (Å²) in [6.45, 7) is 2.29. The van der Waals surface area contributed by atoms with E-state index in [1.807, 2.05) is 0 Å². The summed E-state index contributed by atoms with van der Waals surface area (Å²) in [4.78, 5) is 25.2. The van der Waals surface area contributed by atoms with E-state index >= 15 is 0 Å². The summed E-state index contributed by atoms with van der Waals surface area (Å²) in [6, 6.07) is 15.5. The number of nitrogens with one attached hydrogen (secondary N) is 1. The van der Waals surface area contributed by atoms with E-state index in [9.17, 15) is 17.6 Å². The number of rotatable bonds is 5. The maximum Gasteiger partial charge on any atom is 0.279 e. The number of anilines is 2. The summed E-state index contributed by atoms with van der Waals surface area (Å²) in [5, 5.41) is 0.739. The molecule has 0 aliphatic carbocycles. The van der Waals surface area contributed by atoms with Gasteiger partial charge in [0.15, 0.2) is 10.2 Å². The molecular weight excluding hydrogens is 477 g/mol. The van der Waals surface area contributed by atoms with E-state index in [2.05, 4.69) is 19.6 Å². The second-order valence-corrected chi connectivity index (χ2v) is 10.4. The lowest BCUT2D eigenvalue weighted by molar-refractivity contribution is 0.0747. The molecule has 8 nitrogen and oxygen atoms in total. The van der Waals surface area contributed by atoms with Crippen LogP contribution in [0.5, 0.6) is 0 Å². The lowest BCUT2D eigenvalue weighted by atomic mass is 10.1. The number of thiazole rings is 1. The molecule has 0 bridgehead atoms. The maximum atomic E-state index is 13.5. The highest BCUT2D eigenvalue weighted by Gasteiger charge is 2.24. The van der Waals surface area contributed by atoms with E-state index in [0.29, 0.717) is 37.4 Å². The number of carbonyl (C=O) groups is 1. The van der Waals surface area contributed by atoms with Gasteiger partial charge in [-0.15, -0.1) is 0 Å². The minimum Gasteiger partial charge on any atom is -0.345 e. The summed E-state index contributed by atoms with van der Waals surface area (Å²) in [5.74, 6) is -0.404. The monoisotopic (exact) mass is 497 g/mol. The molecule has 3 heterocycles. The first-order chi connectivity index (χ1) is 16.4. The lowest BCUT2D eigenvalue weighted by Crippen LogP contribution is -2.48. The van der Waals surface area contributed by atoms with E-state index in [1.54, 1.807) is 47.4 Å². The number of fused-ring (bicyclic) bond motifs is 1. The normalized spacial score (nSPS) is 14.4. The Morgan fingerprint density at radius 3 is 2.47 bits per heavy atom. The van der Waals surface area contributed by atoms with Gasteiger partial charge in [-0.25, -0.2) is 14.4 Å². The molecule has 0 spiro atoms. The first kappa shape index (κ1) is 22.2. The van der Waals surface area contributed by atoms with Crippen LogP contribution in [-0.2, 0) is 10.0 Å². The molecule has 2 aromatic carbocycles. The van der Waals surface area contributed by atoms with Gasteiger partial charge in [-0.05, 0) is 54.6 Å². The van der Waals surface area contributed by atoms with Crippen LogP contribution in [0.3, 0.4) is 0 Å². The molecule has 5 rings (SSSR count). The molecule has 1 N–H and O–H groups in total. The molecule has 1 amide bonds. The van der Waals surface area contributed by atoms with Gasteiger partial charge < -0.3 is 9.80 Å². The highest BCUT2D eigenvalue weighted by molar-refractivity contribution is 7.92. The molecule has 34 heavy (non-hydrogen) atoms. The first-order valence-corrected chi connectivity index (χ1v) is 12.8. The predicted octanol–water partition coefficient (Wildman–Crippen LogP) is 3.59. The van der Waals surface area contributed by atoms with Crippen LogP contribution >= 0.6 is 11.3 Å². The molecule has 1 saturated heterocycles. The highest BCUT2D eigenvalue weighted by atomic mass is 32.2. The molecule has 2 aromatic heterocycles. The van der Waals surface area contributed by atoms with Crippen molar-refractivity contribution < 1.29 is 17.6 Å². The minimum atomic E-state index is -3.80. The molecule has 11 heteroatoms. The number of hydrogen-bond donors (Lipinski definition) is 1. The van der Waals surface area contributed by atoms with Gasteiger partial charge in [0.05, 0.1) is 10.2 Å². The molecule has 1 aliphatic heterocycles. The molecule has 0 unspecified atom stereocenters. The van der Waals surface area contributed by atoms with Gasteiger partial charge in [-0.3, -0.25) is 9.52 Å². The summed E-state index contributed by atoms with van der Waals surface area (Å²) in [5.41, 5.74) is 1.59. The zero-order valence-corrected chi connectivity index (χ0v) is 19.5. The molecule has 1 fully saturated rings. The van der Waals surface area contributed by atoms with Gasteiger partial charge in [-0.1, -0.05) is 17.4 Å². The highest BCUT2D eigenvalue weighted by Crippen LogP contribution is 2.30. The summed E-state index contributed by atoms with van der Waals surface area (Å²) >= 11 is 1.44. The van der Waals surface area contributed by atoms with Gasteiger partial charge in [0.25, 0.3) is 15.9 Å².